The maximum absolute atomic E-state index is 12.8. The third-order valence-corrected chi connectivity index (χ3v) is 4.52. The molecule has 8 heteroatoms. The van der Waals surface area contributed by atoms with Gasteiger partial charge in [-0.15, -0.1) is 0 Å². The van der Waals surface area contributed by atoms with Gasteiger partial charge in [0, 0.05) is 15.7 Å². The van der Waals surface area contributed by atoms with Gasteiger partial charge in [0.15, 0.2) is 11.0 Å². The van der Waals surface area contributed by atoms with Crippen LogP contribution in [0.5, 0.6) is 0 Å². The molecule has 1 aliphatic heterocycles. The van der Waals surface area contributed by atoms with Crippen LogP contribution in [0.3, 0.4) is 0 Å². The van der Waals surface area contributed by atoms with Crippen molar-refractivity contribution in [2.24, 2.45) is 10.9 Å². The van der Waals surface area contributed by atoms with Crippen molar-refractivity contribution >= 4 is 74.3 Å². The summed E-state index contributed by atoms with van der Waals surface area (Å²) in [6.07, 6.45) is 1.30. The van der Waals surface area contributed by atoms with Crippen molar-refractivity contribution in [3.8, 4) is 0 Å². The minimum absolute atomic E-state index is 0.0460. The summed E-state index contributed by atoms with van der Waals surface area (Å²) in [6, 6.07) is 13.9. The molecule has 5 nitrogen and oxygen atoms in total. The average molecular weight is 437 g/mol. The van der Waals surface area contributed by atoms with E-state index in [1.54, 1.807) is 48.5 Å². The van der Waals surface area contributed by atoms with Gasteiger partial charge in [-0.05, 0) is 54.7 Å². The summed E-state index contributed by atoms with van der Waals surface area (Å²) in [4.78, 5) is 30.4. The van der Waals surface area contributed by atoms with E-state index in [1.807, 2.05) is 0 Å². The maximum Gasteiger partial charge on any atom is 0.251 e. The SMILES string of the molecule is O=C1NC(=S)N(c2ccc(Br)cc2)C(=O)[C@@H]1C=Nc1cccc(Cl)c1. The first-order valence-electron chi connectivity index (χ1n) is 7.20. The van der Waals surface area contributed by atoms with Crippen LogP contribution in [-0.4, -0.2) is 23.1 Å². The van der Waals surface area contributed by atoms with E-state index in [9.17, 15) is 9.59 Å². The molecular formula is C17H11BrClN3O2S. The molecule has 1 N–H and O–H groups in total. The largest absolute Gasteiger partial charge is 0.301 e. The third kappa shape index (κ3) is 3.95. The van der Waals surface area contributed by atoms with Gasteiger partial charge in [-0.1, -0.05) is 33.6 Å². The van der Waals surface area contributed by atoms with Gasteiger partial charge < -0.3 is 5.32 Å². The molecule has 0 aliphatic carbocycles. The number of halogens is 2. The number of rotatable bonds is 3. The summed E-state index contributed by atoms with van der Waals surface area (Å²) in [5.41, 5.74) is 1.12. The van der Waals surface area contributed by atoms with Crippen molar-refractivity contribution in [2.45, 2.75) is 0 Å². The molecule has 2 aromatic rings. The zero-order chi connectivity index (χ0) is 18.0. The van der Waals surface area contributed by atoms with E-state index >= 15 is 0 Å². The molecule has 3 rings (SSSR count). The van der Waals surface area contributed by atoms with E-state index in [1.165, 1.54) is 11.1 Å². The monoisotopic (exact) mass is 435 g/mol. The number of hydrogen-bond acceptors (Lipinski definition) is 4. The first-order chi connectivity index (χ1) is 12.0. The summed E-state index contributed by atoms with van der Waals surface area (Å²) in [7, 11) is 0. The van der Waals surface area contributed by atoms with E-state index in [4.69, 9.17) is 23.8 Å². The topological polar surface area (TPSA) is 61.8 Å². The van der Waals surface area contributed by atoms with E-state index in [0.717, 1.165) is 4.47 Å². The first-order valence-corrected chi connectivity index (χ1v) is 8.78. The lowest BCUT2D eigenvalue weighted by atomic mass is 10.1. The molecule has 2 amide bonds. The van der Waals surface area contributed by atoms with E-state index in [-0.39, 0.29) is 5.11 Å². The van der Waals surface area contributed by atoms with Crippen molar-refractivity contribution in [1.82, 2.24) is 5.32 Å². The van der Waals surface area contributed by atoms with Crippen LogP contribution in [0.1, 0.15) is 0 Å². The van der Waals surface area contributed by atoms with Gasteiger partial charge in [0.05, 0.1) is 11.4 Å². The summed E-state index contributed by atoms with van der Waals surface area (Å²) in [5.74, 6) is -2.04. The molecule has 0 aromatic heterocycles. The molecule has 1 atom stereocenters. The lowest BCUT2D eigenvalue weighted by Crippen LogP contribution is -2.58. The van der Waals surface area contributed by atoms with Crippen LogP contribution >= 0.6 is 39.7 Å². The van der Waals surface area contributed by atoms with E-state index in [0.29, 0.717) is 16.4 Å². The predicted octanol–water partition coefficient (Wildman–Crippen LogP) is 3.87. The van der Waals surface area contributed by atoms with Gasteiger partial charge in [0.2, 0.25) is 5.91 Å². The Hall–Kier alpha value is -2.09. The Kier molecular flexibility index (Phi) is 5.27. The van der Waals surface area contributed by atoms with Gasteiger partial charge in [0.1, 0.15) is 0 Å². The fraction of sp³-hybridized carbons (Fsp3) is 0.0588. The number of amides is 2. The normalized spacial score (nSPS) is 17.9. The van der Waals surface area contributed by atoms with Crippen molar-refractivity contribution in [3.05, 3.63) is 58.0 Å². The van der Waals surface area contributed by atoms with Crippen molar-refractivity contribution in [1.29, 1.82) is 0 Å². The molecule has 0 bridgehead atoms. The highest BCUT2D eigenvalue weighted by Crippen LogP contribution is 2.23. The van der Waals surface area contributed by atoms with Crippen molar-refractivity contribution < 1.29 is 9.59 Å². The van der Waals surface area contributed by atoms with E-state index in [2.05, 4.69) is 26.2 Å². The van der Waals surface area contributed by atoms with Crippen LogP contribution in [0.2, 0.25) is 5.02 Å². The van der Waals surface area contributed by atoms with Crippen molar-refractivity contribution in [3.63, 3.8) is 0 Å². The number of nitrogens with one attached hydrogen (secondary N) is 1. The van der Waals surface area contributed by atoms with Gasteiger partial charge in [-0.25, -0.2) is 0 Å². The van der Waals surface area contributed by atoms with Crippen LogP contribution in [0, 0.1) is 5.92 Å². The fourth-order valence-electron chi connectivity index (χ4n) is 2.27. The molecule has 0 spiro atoms. The summed E-state index contributed by atoms with van der Waals surface area (Å²) in [6.45, 7) is 0. The molecule has 0 radical (unpaired) electrons. The highest BCUT2D eigenvalue weighted by atomic mass is 79.9. The summed E-state index contributed by atoms with van der Waals surface area (Å²) < 4.78 is 0.870. The zero-order valence-corrected chi connectivity index (χ0v) is 15.8. The highest BCUT2D eigenvalue weighted by molar-refractivity contribution is 9.10. The number of nitrogens with zero attached hydrogens (tertiary/aromatic N) is 2. The Morgan fingerprint density at radius 1 is 1.20 bits per heavy atom. The second-order valence-electron chi connectivity index (χ2n) is 5.18. The molecule has 126 valence electrons. The summed E-state index contributed by atoms with van der Waals surface area (Å²) in [5, 5.41) is 3.11. The maximum atomic E-state index is 12.8. The molecule has 1 aliphatic rings. The molecule has 2 aromatic carbocycles. The predicted molar refractivity (Wildman–Crippen MR) is 105 cm³/mol. The Bertz CT molecular complexity index is 886. The molecule has 1 saturated heterocycles. The number of thiocarbonyl (C=S) groups is 1. The van der Waals surface area contributed by atoms with Gasteiger partial charge in [0.25, 0.3) is 5.91 Å². The van der Waals surface area contributed by atoms with Gasteiger partial charge >= 0.3 is 0 Å². The van der Waals surface area contributed by atoms with E-state index < -0.39 is 17.7 Å². The molecule has 0 unspecified atom stereocenters. The summed E-state index contributed by atoms with van der Waals surface area (Å²) >= 11 is 14.4. The highest BCUT2D eigenvalue weighted by Gasteiger charge is 2.38. The Labute approximate surface area is 162 Å². The number of carbonyl (C=O) groups is 2. The Morgan fingerprint density at radius 3 is 2.60 bits per heavy atom. The minimum atomic E-state index is -1.07. The second kappa shape index (κ2) is 7.43. The average Bonchev–Trinajstić information content (AvgIpc) is 2.56. The van der Waals surface area contributed by atoms with Crippen LogP contribution in [0.15, 0.2) is 58.0 Å². The molecule has 1 fully saturated rings. The lowest BCUT2D eigenvalue weighted by Gasteiger charge is -2.30. The second-order valence-corrected chi connectivity index (χ2v) is 6.92. The molecule has 0 saturated carbocycles. The Morgan fingerprint density at radius 2 is 1.92 bits per heavy atom. The molecular weight excluding hydrogens is 426 g/mol. The van der Waals surface area contributed by atoms with Crippen LogP contribution in [0.25, 0.3) is 0 Å². The first kappa shape index (κ1) is 17.7. The van der Waals surface area contributed by atoms with Crippen LogP contribution < -0.4 is 10.2 Å². The van der Waals surface area contributed by atoms with Crippen LogP contribution in [0.4, 0.5) is 11.4 Å². The standard InChI is InChI=1S/C17H11BrClN3O2S/c18-10-4-6-13(7-5-10)22-16(24)14(15(23)21-17(22)25)9-20-12-3-1-2-11(19)8-12/h1-9,14H,(H,21,23,25)/t14-/m1/s1. The molecule has 1 heterocycles. The quantitative estimate of drug-likeness (QED) is 0.451. The Balaban J connectivity index is 1.89. The minimum Gasteiger partial charge on any atom is -0.301 e. The zero-order valence-electron chi connectivity index (χ0n) is 12.6. The lowest BCUT2D eigenvalue weighted by molar-refractivity contribution is -0.130. The van der Waals surface area contributed by atoms with Gasteiger partial charge in [-0.3, -0.25) is 19.5 Å². The number of anilines is 1. The number of benzene rings is 2. The number of carbonyl (C=O) groups excluding carboxylic acids is 2. The van der Waals surface area contributed by atoms with Gasteiger partial charge in [-0.2, -0.15) is 0 Å². The fourth-order valence-corrected chi connectivity index (χ4v) is 3.02. The molecule has 25 heavy (non-hydrogen) atoms. The van der Waals surface area contributed by atoms with Crippen LogP contribution in [-0.2, 0) is 9.59 Å². The number of aliphatic imine (C=N–C) groups is 1. The smallest absolute Gasteiger partial charge is 0.251 e. The number of hydrogen-bond donors (Lipinski definition) is 1. The van der Waals surface area contributed by atoms with Crippen molar-refractivity contribution in [2.75, 3.05) is 4.90 Å². The third-order valence-electron chi connectivity index (χ3n) is 3.47.